The van der Waals surface area contributed by atoms with Crippen LogP contribution in [0.4, 0.5) is 0 Å². The zero-order valence-corrected chi connectivity index (χ0v) is 8.93. The second kappa shape index (κ2) is 4.46. The Kier molecular flexibility index (Phi) is 3.86. The molecule has 0 spiro atoms. The van der Waals surface area contributed by atoms with Gasteiger partial charge in [0.25, 0.3) is 0 Å². The zero-order chi connectivity index (χ0) is 8.27. The van der Waals surface area contributed by atoms with E-state index in [1.807, 2.05) is 0 Å². The Morgan fingerprint density at radius 3 is 2.00 bits per heavy atom. The molecule has 1 fully saturated rings. The molecule has 1 aliphatic heterocycles. The van der Waals surface area contributed by atoms with Gasteiger partial charge in [0.15, 0.2) is 0 Å². The monoisotopic (exact) mass is 220 g/mol. The molecule has 0 aliphatic carbocycles. The molecule has 3 atom stereocenters. The molecular weight excluding hydrogens is 204 g/mol. The van der Waals surface area contributed by atoms with Crippen LogP contribution in [0.5, 0.6) is 0 Å². The van der Waals surface area contributed by atoms with Crippen LogP contribution in [0.3, 0.4) is 0 Å². The highest BCUT2D eigenvalue weighted by molar-refractivity contribution is 9.09. The number of rotatable bonds is 2. The Hall–Kier alpha value is 0.440. The lowest BCUT2D eigenvalue weighted by atomic mass is 10.0. The lowest BCUT2D eigenvalue weighted by Crippen LogP contribution is -2.32. The second-order valence-corrected chi connectivity index (χ2v) is 4.56. The first-order chi connectivity index (χ1) is 5.26. The van der Waals surface area contributed by atoms with Crippen molar-refractivity contribution in [2.75, 3.05) is 0 Å². The van der Waals surface area contributed by atoms with Crippen LogP contribution in [0, 0.1) is 0 Å². The SMILES string of the molecule is CC[C@@H]1CC(Br)C[C@H](CC)O1. The van der Waals surface area contributed by atoms with Crippen molar-refractivity contribution in [3.63, 3.8) is 0 Å². The Bertz CT molecular complexity index is 104. The molecule has 66 valence electrons. The Balaban J connectivity index is 2.37. The van der Waals surface area contributed by atoms with Gasteiger partial charge in [-0.05, 0) is 25.7 Å². The first-order valence-electron chi connectivity index (χ1n) is 4.55. The van der Waals surface area contributed by atoms with Crippen LogP contribution < -0.4 is 0 Å². The van der Waals surface area contributed by atoms with Crippen LogP contribution in [-0.2, 0) is 4.74 Å². The van der Waals surface area contributed by atoms with Crippen LogP contribution in [-0.4, -0.2) is 17.0 Å². The minimum atomic E-state index is 0.498. The highest BCUT2D eigenvalue weighted by Crippen LogP contribution is 2.27. The van der Waals surface area contributed by atoms with E-state index in [1.54, 1.807) is 0 Å². The van der Waals surface area contributed by atoms with Gasteiger partial charge in [-0.2, -0.15) is 0 Å². The average Bonchev–Trinajstić information content (AvgIpc) is 2.03. The maximum Gasteiger partial charge on any atom is 0.0587 e. The summed E-state index contributed by atoms with van der Waals surface area (Å²) in [7, 11) is 0. The molecule has 0 aromatic carbocycles. The van der Waals surface area contributed by atoms with E-state index in [9.17, 15) is 0 Å². The number of hydrogen-bond acceptors (Lipinski definition) is 1. The van der Waals surface area contributed by atoms with Crippen molar-refractivity contribution in [1.82, 2.24) is 0 Å². The van der Waals surface area contributed by atoms with Crippen molar-refractivity contribution in [1.29, 1.82) is 0 Å². The third-order valence-electron chi connectivity index (χ3n) is 2.33. The van der Waals surface area contributed by atoms with E-state index in [0.717, 1.165) is 12.8 Å². The smallest absolute Gasteiger partial charge is 0.0587 e. The van der Waals surface area contributed by atoms with E-state index in [0.29, 0.717) is 17.0 Å². The third kappa shape index (κ3) is 2.75. The molecule has 1 heterocycles. The minimum absolute atomic E-state index is 0.498. The number of halogens is 1. The van der Waals surface area contributed by atoms with E-state index in [4.69, 9.17) is 4.74 Å². The Morgan fingerprint density at radius 1 is 1.18 bits per heavy atom. The lowest BCUT2D eigenvalue weighted by Gasteiger charge is -2.32. The van der Waals surface area contributed by atoms with Crippen molar-refractivity contribution < 1.29 is 4.74 Å². The fraction of sp³-hybridized carbons (Fsp3) is 1.00. The van der Waals surface area contributed by atoms with Gasteiger partial charge < -0.3 is 4.74 Å². The molecule has 1 rings (SSSR count). The lowest BCUT2D eigenvalue weighted by molar-refractivity contribution is -0.0483. The fourth-order valence-electron chi connectivity index (χ4n) is 1.58. The number of alkyl halides is 1. The van der Waals surface area contributed by atoms with E-state index >= 15 is 0 Å². The first kappa shape index (κ1) is 9.53. The molecule has 0 radical (unpaired) electrons. The minimum Gasteiger partial charge on any atom is -0.375 e. The molecule has 0 aromatic rings. The summed E-state index contributed by atoms with van der Waals surface area (Å²) in [5.74, 6) is 0. The van der Waals surface area contributed by atoms with Crippen molar-refractivity contribution in [3.8, 4) is 0 Å². The van der Waals surface area contributed by atoms with Crippen LogP contribution in [0.25, 0.3) is 0 Å². The summed E-state index contributed by atoms with van der Waals surface area (Å²) in [6.07, 6.45) is 5.67. The van der Waals surface area contributed by atoms with E-state index in [-0.39, 0.29) is 0 Å². The molecule has 0 aromatic heterocycles. The van der Waals surface area contributed by atoms with Gasteiger partial charge in [-0.3, -0.25) is 0 Å². The molecule has 1 unspecified atom stereocenters. The van der Waals surface area contributed by atoms with Gasteiger partial charge in [-0.1, -0.05) is 29.8 Å². The summed E-state index contributed by atoms with van der Waals surface area (Å²) in [5, 5.41) is 0. The van der Waals surface area contributed by atoms with Crippen LogP contribution in [0.1, 0.15) is 39.5 Å². The summed E-state index contributed by atoms with van der Waals surface area (Å²) in [5.41, 5.74) is 0. The zero-order valence-electron chi connectivity index (χ0n) is 7.35. The van der Waals surface area contributed by atoms with Gasteiger partial charge in [-0.15, -0.1) is 0 Å². The molecule has 1 nitrogen and oxygen atoms in total. The van der Waals surface area contributed by atoms with Crippen LogP contribution >= 0.6 is 15.9 Å². The molecule has 1 aliphatic rings. The van der Waals surface area contributed by atoms with E-state index < -0.39 is 0 Å². The van der Waals surface area contributed by atoms with E-state index in [2.05, 4.69) is 29.8 Å². The molecule has 0 bridgehead atoms. The van der Waals surface area contributed by atoms with Gasteiger partial charge >= 0.3 is 0 Å². The van der Waals surface area contributed by atoms with Crippen molar-refractivity contribution in [2.24, 2.45) is 0 Å². The maximum absolute atomic E-state index is 5.83. The molecular formula is C9H17BrO. The van der Waals surface area contributed by atoms with Gasteiger partial charge in [0.05, 0.1) is 12.2 Å². The highest BCUT2D eigenvalue weighted by atomic mass is 79.9. The predicted molar refractivity (Wildman–Crippen MR) is 51.2 cm³/mol. The summed E-state index contributed by atoms with van der Waals surface area (Å²) in [4.78, 5) is 0.686. The van der Waals surface area contributed by atoms with Crippen molar-refractivity contribution in [2.45, 2.75) is 56.6 Å². The van der Waals surface area contributed by atoms with Crippen molar-refractivity contribution >= 4 is 15.9 Å². The summed E-state index contributed by atoms with van der Waals surface area (Å²) in [6.45, 7) is 4.39. The van der Waals surface area contributed by atoms with Gasteiger partial charge in [-0.25, -0.2) is 0 Å². The van der Waals surface area contributed by atoms with Gasteiger partial charge in [0.2, 0.25) is 0 Å². The van der Waals surface area contributed by atoms with Crippen LogP contribution in [0.15, 0.2) is 0 Å². The average molecular weight is 221 g/mol. The number of ether oxygens (including phenoxy) is 1. The molecule has 0 saturated carbocycles. The summed E-state index contributed by atoms with van der Waals surface area (Å²) < 4.78 is 5.83. The highest BCUT2D eigenvalue weighted by Gasteiger charge is 2.25. The second-order valence-electron chi connectivity index (χ2n) is 3.27. The summed E-state index contributed by atoms with van der Waals surface area (Å²) >= 11 is 3.67. The Labute approximate surface area is 77.6 Å². The molecule has 0 N–H and O–H groups in total. The predicted octanol–water partition coefficient (Wildman–Crippen LogP) is 3.12. The first-order valence-corrected chi connectivity index (χ1v) is 5.47. The molecule has 0 amide bonds. The largest absolute Gasteiger partial charge is 0.375 e. The molecule has 11 heavy (non-hydrogen) atoms. The summed E-state index contributed by atoms with van der Waals surface area (Å²) in [6, 6.07) is 0. The van der Waals surface area contributed by atoms with Crippen LogP contribution in [0.2, 0.25) is 0 Å². The van der Waals surface area contributed by atoms with E-state index in [1.165, 1.54) is 12.8 Å². The fourth-order valence-corrected chi connectivity index (χ4v) is 2.41. The Morgan fingerprint density at radius 2 is 1.64 bits per heavy atom. The van der Waals surface area contributed by atoms with Gasteiger partial charge in [0, 0.05) is 4.83 Å². The normalized spacial score (nSPS) is 39.0. The molecule has 2 heteroatoms. The van der Waals surface area contributed by atoms with Crippen molar-refractivity contribution in [3.05, 3.63) is 0 Å². The standard InChI is InChI=1S/C9H17BrO/c1-3-8-5-7(10)6-9(4-2)11-8/h7-9H,3-6H2,1-2H3/t7?,8-,9+. The maximum atomic E-state index is 5.83. The van der Waals surface area contributed by atoms with Gasteiger partial charge in [0.1, 0.15) is 0 Å². The molecule has 1 saturated heterocycles. The topological polar surface area (TPSA) is 9.23 Å². The number of hydrogen-bond donors (Lipinski definition) is 0. The quantitative estimate of drug-likeness (QED) is 0.651. The third-order valence-corrected chi connectivity index (χ3v) is 3.08.